The lowest BCUT2D eigenvalue weighted by atomic mass is 10.2. The number of ether oxygens (including phenoxy) is 3. The van der Waals surface area contributed by atoms with Crippen molar-refractivity contribution in [3.05, 3.63) is 12.1 Å². The van der Waals surface area contributed by atoms with E-state index in [-0.39, 0.29) is 5.91 Å². The summed E-state index contributed by atoms with van der Waals surface area (Å²) in [5, 5.41) is 2.66. The Bertz CT molecular complexity index is 407. The smallest absolute Gasteiger partial charge is 0.241 e. The van der Waals surface area contributed by atoms with Crippen molar-refractivity contribution in [2.24, 2.45) is 5.73 Å². The van der Waals surface area contributed by atoms with Gasteiger partial charge in [-0.15, -0.1) is 0 Å². The summed E-state index contributed by atoms with van der Waals surface area (Å²) in [6.07, 6.45) is 0. The van der Waals surface area contributed by atoms with Crippen LogP contribution in [0.3, 0.4) is 0 Å². The lowest BCUT2D eigenvalue weighted by Crippen LogP contribution is -2.32. The molecule has 0 aliphatic carbocycles. The van der Waals surface area contributed by atoms with Crippen molar-refractivity contribution in [1.82, 2.24) is 0 Å². The molecule has 6 heteroatoms. The van der Waals surface area contributed by atoms with Crippen LogP contribution >= 0.6 is 0 Å². The predicted octanol–water partition coefficient (Wildman–Crippen LogP) is 0.998. The molecule has 1 rings (SSSR count). The molecule has 1 unspecified atom stereocenters. The van der Waals surface area contributed by atoms with E-state index >= 15 is 0 Å². The van der Waals surface area contributed by atoms with E-state index in [9.17, 15) is 4.79 Å². The van der Waals surface area contributed by atoms with Crippen molar-refractivity contribution in [2.75, 3.05) is 26.6 Å². The first kappa shape index (κ1) is 14.1. The van der Waals surface area contributed by atoms with Gasteiger partial charge in [0.25, 0.3) is 0 Å². The molecule has 0 aromatic heterocycles. The van der Waals surface area contributed by atoms with E-state index in [0.29, 0.717) is 22.9 Å². The van der Waals surface area contributed by atoms with Crippen LogP contribution in [0, 0.1) is 0 Å². The average molecular weight is 254 g/mol. The molecule has 1 aromatic rings. The molecule has 0 fully saturated rings. The molecule has 1 atom stereocenters. The Balaban J connectivity index is 3.11. The second-order valence-corrected chi connectivity index (χ2v) is 3.69. The fourth-order valence-electron chi connectivity index (χ4n) is 1.41. The highest BCUT2D eigenvalue weighted by Gasteiger charge is 2.15. The van der Waals surface area contributed by atoms with Crippen molar-refractivity contribution in [1.29, 1.82) is 0 Å². The molecule has 0 radical (unpaired) electrons. The molecule has 0 aliphatic heterocycles. The number of benzene rings is 1. The highest BCUT2D eigenvalue weighted by atomic mass is 16.5. The van der Waals surface area contributed by atoms with Gasteiger partial charge in [-0.3, -0.25) is 4.79 Å². The van der Waals surface area contributed by atoms with Gasteiger partial charge in [0.05, 0.1) is 27.4 Å². The molecule has 1 amide bonds. The topological polar surface area (TPSA) is 82.8 Å². The number of amides is 1. The maximum atomic E-state index is 11.5. The Labute approximate surface area is 106 Å². The molecule has 3 N–H and O–H groups in total. The normalized spacial score (nSPS) is 11.6. The summed E-state index contributed by atoms with van der Waals surface area (Å²) < 4.78 is 15.5. The molecule has 0 heterocycles. The van der Waals surface area contributed by atoms with Crippen LogP contribution in [0.1, 0.15) is 6.92 Å². The maximum absolute atomic E-state index is 11.5. The van der Waals surface area contributed by atoms with E-state index in [1.54, 1.807) is 19.1 Å². The molecule has 6 nitrogen and oxygen atoms in total. The summed E-state index contributed by atoms with van der Waals surface area (Å²) in [6.45, 7) is 1.60. The Morgan fingerprint density at radius 1 is 1.17 bits per heavy atom. The van der Waals surface area contributed by atoms with E-state index in [2.05, 4.69) is 5.32 Å². The second kappa shape index (κ2) is 6.11. The van der Waals surface area contributed by atoms with Gasteiger partial charge in [-0.2, -0.15) is 0 Å². The van der Waals surface area contributed by atoms with Crippen LogP contribution in [0.5, 0.6) is 17.2 Å². The highest BCUT2D eigenvalue weighted by molar-refractivity contribution is 5.95. The van der Waals surface area contributed by atoms with E-state index in [1.165, 1.54) is 21.3 Å². The first-order chi connectivity index (χ1) is 8.53. The summed E-state index contributed by atoms with van der Waals surface area (Å²) in [6, 6.07) is 2.69. The number of methoxy groups -OCH3 is 3. The summed E-state index contributed by atoms with van der Waals surface area (Å²) in [5.74, 6) is 1.12. The van der Waals surface area contributed by atoms with E-state index in [4.69, 9.17) is 19.9 Å². The number of rotatable bonds is 5. The van der Waals surface area contributed by atoms with Crippen molar-refractivity contribution >= 4 is 11.6 Å². The van der Waals surface area contributed by atoms with Crippen molar-refractivity contribution in [3.63, 3.8) is 0 Å². The van der Waals surface area contributed by atoms with Gasteiger partial charge in [-0.25, -0.2) is 0 Å². The van der Waals surface area contributed by atoms with Gasteiger partial charge < -0.3 is 25.3 Å². The molecule has 0 saturated heterocycles. The van der Waals surface area contributed by atoms with Gasteiger partial charge in [-0.1, -0.05) is 0 Å². The number of nitrogens with one attached hydrogen (secondary N) is 1. The Kier molecular flexibility index (Phi) is 4.79. The summed E-state index contributed by atoms with van der Waals surface area (Å²) in [5.41, 5.74) is 6.02. The van der Waals surface area contributed by atoms with E-state index in [1.807, 2.05) is 0 Å². The van der Waals surface area contributed by atoms with Gasteiger partial charge in [0, 0.05) is 17.8 Å². The van der Waals surface area contributed by atoms with Crippen LogP contribution in [0.15, 0.2) is 12.1 Å². The zero-order valence-corrected chi connectivity index (χ0v) is 10.9. The standard InChI is InChI=1S/C12H18N2O4/c1-7(13)12(15)14-8-5-9(16-2)11(18-4)10(6-8)17-3/h5-7H,13H2,1-4H3,(H,14,15). The fourth-order valence-corrected chi connectivity index (χ4v) is 1.41. The number of hydrogen-bond donors (Lipinski definition) is 2. The van der Waals surface area contributed by atoms with Gasteiger partial charge in [0.2, 0.25) is 11.7 Å². The minimum absolute atomic E-state index is 0.288. The second-order valence-electron chi connectivity index (χ2n) is 3.69. The zero-order chi connectivity index (χ0) is 13.7. The molecule has 0 bridgehead atoms. The van der Waals surface area contributed by atoms with Crippen molar-refractivity contribution < 1.29 is 19.0 Å². The lowest BCUT2D eigenvalue weighted by Gasteiger charge is -2.15. The largest absolute Gasteiger partial charge is 0.493 e. The summed E-state index contributed by atoms with van der Waals surface area (Å²) in [4.78, 5) is 11.5. The predicted molar refractivity (Wildman–Crippen MR) is 68.4 cm³/mol. The van der Waals surface area contributed by atoms with Gasteiger partial charge in [0.15, 0.2) is 11.5 Å². The van der Waals surface area contributed by atoms with Crippen molar-refractivity contribution in [2.45, 2.75) is 13.0 Å². The first-order valence-corrected chi connectivity index (χ1v) is 5.40. The van der Waals surface area contributed by atoms with Crippen LogP contribution < -0.4 is 25.3 Å². The molecule has 0 saturated carbocycles. The Morgan fingerprint density at radius 3 is 2.00 bits per heavy atom. The molecule has 18 heavy (non-hydrogen) atoms. The SMILES string of the molecule is COc1cc(NC(=O)C(C)N)cc(OC)c1OC. The summed E-state index contributed by atoms with van der Waals surface area (Å²) in [7, 11) is 4.53. The van der Waals surface area contributed by atoms with E-state index < -0.39 is 6.04 Å². The molecule has 0 aliphatic rings. The molecular weight excluding hydrogens is 236 g/mol. The zero-order valence-electron chi connectivity index (χ0n) is 10.9. The van der Waals surface area contributed by atoms with E-state index in [0.717, 1.165) is 0 Å². The van der Waals surface area contributed by atoms with Gasteiger partial charge in [0.1, 0.15) is 0 Å². The van der Waals surface area contributed by atoms with Crippen LogP contribution in [0.2, 0.25) is 0 Å². The Hall–Kier alpha value is -1.95. The van der Waals surface area contributed by atoms with Crippen LogP contribution in [-0.4, -0.2) is 33.3 Å². The van der Waals surface area contributed by atoms with Crippen molar-refractivity contribution in [3.8, 4) is 17.2 Å². The number of carbonyl (C=O) groups is 1. The van der Waals surface area contributed by atoms with Crippen LogP contribution in [0.4, 0.5) is 5.69 Å². The molecule has 100 valence electrons. The van der Waals surface area contributed by atoms with Crippen LogP contribution in [0.25, 0.3) is 0 Å². The third-order valence-electron chi connectivity index (χ3n) is 2.35. The fraction of sp³-hybridized carbons (Fsp3) is 0.417. The third-order valence-corrected chi connectivity index (χ3v) is 2.35. The minimum atomic E-state index is -0.593. The first-order valence-electron chi connectivity index (χ1n) is 5.40. The minimum Gasteiger partial charge on any atom is -0.493 e. The quantitative estimate of drug-likeness (QED) is 0.819. The highest BCUT2D eigenvalue weighted by Crippen LogP contribution is 2.39. The number of carbonyl (C=O) groups excluding carboxylic acids is 1. The summed E-state index contributed by atoms with van der Waals surface area (Å²) >= 11 is 0. The molecular formula is C12H18N2O4. The number of nitrogens with two attached hydrogens (primary N) is 1. The molecule has 0 spiro atoms. The molecule has 1 aromatic carbocycles. The van der Waals surface area contributed by atoms with Gasteiger partial charge in [-0.05, 0) is 6.92 Å². The number of anilines is 1. The number of hydrogen-bond acceptors (Lipinski definition) is 5. The third kappa shape index (κ3) is 3.04. The monoisotopic (exact) mass is 254 g/mol. The van der Waals surface area contributed by atoms with Gasteiger partial charge >= 0.3 is 0 Å². The maximum Gasteiger partial charge on any atom is 0.241 e. The average Bonchev–Trinajstić information content (AvgIpc) is 2.37. The lowest BCUT2D eigenvalue weighted by molar-refractivity contribution is -0.117. The Morgan fingerprint density at radius 2 is 1.67 bits per heavy atom. The van der Waals surface area contributed by atoms with Crippen LogP contribution in [-0.2, 0) is 4.79 Å².